The highest BCUT2D eigenvalue weighted by atomic mass is 79.9. The van der Waals surface area contributed by atoms with Gasteiger partial charge in [0, 0.05) is 16.6 Å². The zero-order chi connectivity index (χ0) is 14.4. The summed E-state index contributed by atoms with van der Waals surface area (Å²) in [6.07, 6.45) is 6.44. The van der Waals surface area contributed by atoms with E-state index in [0.717, 1.165) is 46.6 Å². The first-order valence-corrected chi connectivity index (χ1v) is 7.59. The Bertz CT molecular complexity index is 573. The first-order valence-electron chi connectivity index (χ1n) is 6.79. The molecule has 1 aromatic heterocycles. The Hall–Kier alpha value is -1.55. The third kappa shape index (κ3) is 3.73. The number of unbranched alkanes of at least 4 members (excludes halogenated alkanes) is 1. The number of anilines is 1. The summed E-state index contributed by atoms with van der Waals surface area (Å²) in [4.78, 5) is 0. The van der Waals surface area contributed by atoms with Crippen molar-refractivity contribution in [2.75, 3.05) is 11.9 Å². The number of allylic oxidation sites excluding steroid dienone is 2. The summed E-state index contributed by atoms with van der Waals surface area (Å²) in [6, 6.07) is 8.05. The average Bonchev–Trinajstić information content (AvgIpc) is 2.81. The molecule has 0 aliphatic heterocycles. The van der Waals surface area contributed by atoms with Crippen LogP contribution in [0.3, 0.4) is 0 Å². The van der Waals surface area contributed by atoms with Crippen molar-refractivity contribution in [2.24, 2.45) is 0 Å². The van der Waals surface area contributed by atoms with Crippen molar-refractivity contribution in [3.05, 3.63) is 46.6 Å². The lowest BCUT2D eigenvalue weighted by Gasteiger charge is -2.06. The Morgan fingerprint density at radius 3 is 2.75 bits per heavy atom. The standard InChI is InChI=1S/C16H19BrN2O/c1-3-4-5-6-11-18-15-12(2)19-20-16(15)13-7-9-14(17)10-8-13/h3-4,7-10,18H,5-6,11H2,1-2H3. The molecule has 2 aromatic rings. The number of hydrogen-bond donors (Lipinski definition) is 1. The van der Waals surface area contributed by atoms with Crippen LogP contribution in [-0.2, 0) is 0 Å². The quantitative estimate of drug-likeness (QED) is 0.584. The molecule has 106 valence electrons. The van der Waals surface area contributed by atoms with Gasteiger partial charge in [-0.2, -0.15) is 0 Å². The second-order valence-electron chi connectivity index (χ2n) is 4.62. The molecule has 0 saturated carbocycles. The van der Waals surface area contributed by atoms with Crippen LogP contribution in [-0.4, -0.2) is 11.7 Å². The number of rotatable bonds is 6. The summed E-state index contributed by atoms with van der Waals surface area (Å²) in [7, 11) is 0. The topological polar surface area (TPSA) is 38.1 Å². The maximum atomic E-state index is 5.46. The normalized spacial score (nSPS) is 11.2. The van der Waals surface area contributed by atoms with Crippen LogP contribution < -0.4 is 5.32 Å². The lowest BCUT2D eigenvalue weighted by molar-refractivity contribution is 0.427. The van der Waals surface area contributed by atoms with E-state index in [4.69, 9.17) is 4.52 Å². The fourth-order valence-electron chi connectivity index (χ4n) is 1.98. The fraction of sp³-hybridized carbons (Fsp3) is 0.312. The highest BCUT2D eigenvalue weighted by Crippen LogP contribution is 2.31. The molecule has 4 heteroatoms. The number of benzene rings is 1. The number of aromatic nitrogens is 1. The molecule has 0 atom stereocenters. The molecule has 0 spiro atoms. The van der Waals surface area contributed by atoms with Gasteiger partial charge in [-0.05, 0) is 51.0 Å². The predicted octanol–water partition coefficient (Wildman–Crippen LogP) is 5.18. The molecule has 0 aliphatic carbocycles. The highest BCUT2D eigenvalue weighted by Gasteiger charge is 2.14. The van der Waals surface area contributed by atoms with E-state index in [0.29, 0.717) is 0 Å². The summed E-state index contributed by atoms with van der Waals surface area (Å²) in [5.41, 5.74) is 2.92. The molecule has 0 bridgehead atoms. The van der Waals surface area contributed by atoms with Gasteiger partial charge in [-0.3, -0.25) is 0 Å². The smallest absolute Gasteiger partial charge is 0.190 e. The summed E-state index contributed by atoms with van der Waals surface area (Å²) < 4.78 is 6.51. The van der Waals surface area contributed by atoms with Crippen LogP contribution in [0.4, 0.5) is 5.69 Å². The first-order chi connectivity index (χ1) is 9.72. The number of nitrogens with one attached hydrogen (secondary N) is 1. The molecule has 1 N–H and O–H groups in total. The molecule has 0 radical (unpaired) electrons. The minimum Gasteiger partial charge on any atom is -0.380 e. The summed E-state index contributed by atoms with van der Waals surface area (Å²) in [6.45, 7) is 4.92. The third-order valence-corrected chi connectivity index (χ3v) is 3.58. The van der Waals surface area contributed by atoms with Crippen LogP contribution in [0.5, 0.6) is 0 Å². The van der Waals surface area contributed by atoms with Gasteiger partial charge in [-0.25, -0.2) is 0 Å². The molecule has 1 aromatic carbocycles. The molecule has 0 fully saturated rings. The second kappa shape index (κ2) is 7.29. The van der Waals surface area contributed by atoms with Gasteiger partial charge < -0.3 is 9.84 Å². The van der Waals surface area contributed by atoms with Gasteiger partial charge in [0.05, 0.1) is 0 Å². The molecular formula is C16H19BrN2O. The van der Waals surface area contributed by atoms with E-state index < -0.39 is 0 Å². The van der Waals surface area contributed by atoms with Crippen molar-refractivity contribution in [2.45, 2.75) is 26.7 Å². The lowest BCUT2D eigenvalue weighted by atomic mass is 10.1. The SMILES string of the molecule is CC=CCCCNc1c(C)noc1-c1ccc(Br)cc1. The Labute approximate surface area is 128 Å². The molecule has 1 heterocycles. The van der Waals surface area contributed by atoms with Crippen molar-refractivity contribution in [1.29, 1.82) is 0 Å². The van der Waals surface area contributed by atoms with Crippen molar-refractivity contribution < 1.29 is 4.52 Å². The average molecular weight is 335 g/mol. The number of hydrogen-bond acceptors (Lipinski definition) is 3. The van der Waals surface area contributed by atoms with E-state index in [1.165, 1.54) is 0 Å². The third-order valence-electron chi connectivity index (χ3n) is 3.05. The Morgan fingerprint density at radius 2 is 2.05 bits per heavy atom. The van der Waals surface area contributed by atoms with Gasteiger partial charge in [0.1, 0.15) is 11.4 Å². The van der Waals surface area contributed by atoms with Crippen LogP contribution >= 0.6 is 15.9 Å². The molecule has 0 saturated heterocycles. The van der Waals surface area contributed by atoms with Crippen LogP contribution in [0.1, 0.15) is 25.5 Å². The van der Waals surface area contributed by atoms with E-state index in [9.17, 15) is 0 Å². The van der Waals surface area contributed by atoms with Gasteiger partial charge in [-0.15, -0.1) is 0 Å². The summed E-state index contributed by atoms with van der Waals surface area (Å²) in [5.74, 6) is 0.807. The van der Waals surface area contributed by atoms with E-state index in [-0.39, 0.29) is 0 Å². The number of nitrogens with zero attached hydrogens (tertiary/aromatic N) is 1. The number of aryl methyl sites for hydroxylation is 1. The van der Waals surface area contributed by atoms with Crippen LogP contribution in [0.2, 0.25) is 0 Å². The predicted molar refractivity (Wildman–Crippen MR) is 86.9 cm³/mol. The minimum atomic E-state index is 0.807. The molecule has 0 unspecified atom stereocenters. The molecule has 0 aliphatic rings. The monoisotopic (exact) mass is 334 g/mol. The van der Waals surface area contributed by atoms with Gasteiger partial charge >= 0.3 is 0 Å². The minimum absolute atomic E-state index is 0.807. The van der Waals surface area contributed by atoms with Crippen molar-refractivity contribution in [1.82, 2.24) is 5.16 Å². The van der Waals surface area contributed by atoms with Crippen LogP contribution in [0.15, 0.2) is 45.4 Å². The van der Waals surface area contributed by atoms with Gasteiger partial charge in [0.15, 0.2) is 5.76 Å². The van der Waals surface area contributed by atoms with Crippen LogP contribution in [0.25, 0.3) is 11.3 Å². The lowest BCUT2D eigenvalue weighted by Crippen LogP contribution is -2.02. The van der Waals surface area contributed by atoms with Crippen molar-refractivity contribution in [3.8, 4) is 11.3 Å². The van der Waals surface area contributed by atoms with Crippen molar-refractivity contribution >= 4 is 21.6 Å². The van der Waals surface area contributed by atoms with Gasteiger partial charge in [-0.1, -0.05) is 33.2 Å². The largest absolute Gasteiger partial charge is 0.380 e. The summed E-state index contributed by atoms with van der Waals surface area (Å²) >= 11 is 3.44. The Kier molecular flexibility index (Phi) is 5.41. The van der Waals surface area contributed by atoms with E-state index in [1.54, 1.807) is 0 Å². The molecule has 0 amide bonds. The molecule has 2 rings (SSSR count). The second-order valence-corrected chi connectivity index (χ2v) is 5.53. The van der Waals surface area contributed by atoms with E-state index >= 15 is 0 Å². The molecule has 3 nitrogen and oxygen atoms in total. The van der Waals surface area contributed by atoms with Crippen LogP contribution in [0, 0.1) is 6.92 Å². The Morgan fingerprint density at radius 1 is 1.30 bits per heavy atom. The molecule has 20 heavy (non-hydrogen) atoms. The maximum Gasteiger partial charge on any atom is 0.190 e. The zero-order valence-corrected chi connectivity index (χ0v) is 13.4. The van der Waals surface area contributed by atoms with Gasteiger partial charge in [0.2, 0.25) is 0 Å². The van der Waals surface area contributed by atoms with E-state index in [2.05, 4.69) is 38.6 Å². The number of halogens is 1. The summed E-state index contributed by atoms with van der Waals surface area (Å²) in [5, 5.41) is 7.50. The van der Waals surface area contributed by atoms with E-state index in [1.807, 2.05) is 38.1 Å². The fourth-order valence-corrected chi connectivity index (χ4v) is 2.24. The zero-order valence-electron chi connectivity index (χ0n) is 11.8. The Balaban J connectivity index is 2.09. The van der Waals surface area contributed by atoms with Gasteiger partial charge in [0.25, 0.3) is 0 Å². The maximum absolute atomic E-state index is 5.46. The van der Waals surface area contributed by atoms with Crippen molar-refractivity contribution in [3.63, 3.8) is 0 Å². The highest BCUT2D eigenvalue weighted by molar-refractivity contribution is 9.10. The molecular weight excluding hydrogens is 316 g/mol. The first kappa shape index (κ1) is 14.9.